The molecule has 21 heavy (non-hydrogen) atoms. The third-order valence-electron chi connectivity index (χ3n) is 2.87. The van der Waals surface area contributed by atoms with Crippen molar-refractivity contribution in [3.63, 3.8) is 0 Å². The predicted molar refractivity (Wildman–Crippen MR) is 82.6 cm³/mol. The summed E-state index contributed by atoms with van der Waals surface area (Å²) in [6, 6.07) is 5.86. The van der Waals surface area contributed by atoms with Crippen molar-refractivity contribution in [2.45, 2.75) is 32.1 Å². The zero-order valence-corrected chi connectivity index (χ0v) is 13.3. The Morgan fingerprint density at radius 2 is 2.00 bits per heavy atom. The third-order valence-corrected chi connectivity index (χ3v) is 3.61. The molecule has 6 heteroatoms. The highest BCUT2D eigenvalue weighted by atomic mass is 32.2. The molecule has 0 aliphatic heterocycles. The van der Waals surface area contributed by atoms with Crippen molar-refractivity contribution < 1.29 is 18.9 Å². The van der Waals surface area contributed by atoms with Crippen LogP contribution in [0, 0.1) is 5.92 Å². The molecule has 1 aromatic carbocycles. The molecule has 1 unspecified atom stereocenters. The molecule has 1 amide bonds. The Morgan fingerprint density at radius 1 is 1.33 bits per heavy atom. The van der Waals surface area contributed by atoms with E-state index in [1.807, 2.05) is 13.8 Å². The fourth-order valence-electron chi connectivity index (χ4n) is 1.97. The lowest BCUT2D eigenvalue weighted by atomic mass is 10.0. The number of aliphatic carboxylic acids is 1. The van der Waals surface area contributed by atoms with Crippen LogP contribution in [-0.2, 0) is 21.3 Å². The van der Waals surface area contributed by atoms with Crippen LogP contribution in [0.15, 0.2) is 24.3 Å². The molecule has 2 atom stereocenters. The second kappa shape index (κ2) is 7.93. The summed E-state index contributed by atoms with van der Waals surface area (Å²) in [4.78, 5) is 23.3. The number of amides is 1. The molecular formula is C15H21NO4S. The SMILES string of the molecule is CC(C)C[C@@H](NC(=O)c1cccc(CS(C)=O)c1)C(=O)O. The molecule has 0 fully saturated rings. The summed E-state index contributed by atoms with van der Waals surface area (Å²) in [6.07, 6.45) is 1.97. The van der Waals surface area contributed by atoms with E-state index in [1.54, 1.807) is 30.5 Å². The highest BCUT2D eigenvalue weighted by molar-refractivity contribution is 7.83. The van der Waals surface area contributed by atoms with Crippen LogP contribution >= 0.6 is 0 Å². The molecule has 0 saturated carbocycles. The van der Waals surface area contributed by atoms with Gasteiger partial charge in [0.1, 0.15) is 6.04 Å². The van der Waals surface area contributed by atoms with Crippen molar-refractivity contribution in [3.05, 3.63) is 35.4 Å². The Labute approximate surface area is 127 Å². The zero-order valence-electron chi connectivity index (χ0n) is 12.5. The number of carboxylic acids is 1. The van der Waals surface area contributed by atoms with Crippen molar-refractivity contribution in [1.82, 2.24) is 5.32 Å². The zero-order chi connectivity index (χ0) is 16.0. The molecule has 0 saturated heterocycles. The number of hydrogen-bond donors (Lipinski definition) is 2. The minimum Gasteiger partial charge on any atom is -0.480 e. The van der Waals surface area contributed by atoms with Crippen LogP contribution in [0.3, 0.4) is 0 Å². The molecule has 0 aliphatic carbocycles. The van der Waals surface area contributed by atoms with E-state index in [0.717, 1.165) is 5.56 Å². The molecule has 0 spiro atoms. The molecular weight excluding hydrogens is 290 g/mol. The van der Waals surface area contributed by atoms with E-state index >= 15 is 0 Å². The summed E-state index contributed by atoms with van der Waals surface area (Å²) in [5.41, 5.74) is 1.17. The average Bonchev–Trinajstić information content (AvgIpc) is 2.36. The minimum atomic E-state index is -1.04. The van der Waals surface area contributed by atoms with E-state index in [0.29, 0.717) is 17.7 Å². The van der Waals surface area contributed by atoms with E-state index in [-0.39, 0.29) is 5.92 Å². The summed E-state index contributed by atoms with van der Waals surface area (Å²) in [5.74, 6) is -0.926. The number of carbonyl (C=O) groups is 2. The van der Waals surface area contributed by atoms with Crippen molar-refractivity contribution >= 4 is 22.7 Å². The van der Waals surface area contributed by atoms with Gasteiger partial charge in [-0.15, -0.1) is 0 Å². The van der Waals surface area contributed by atoms with Gasteiger partial charge in [0.15, 0.2) is 0 Å². The Bertz CT molecular complexity index is 542. The lowest BCUT2D eigenvalue weighted by Gasteiger charge is -2.16. The Balaban J connectivity index is 2.82. The van der Waals surface area contributed by atoms with Crippen LogP contribution in [0.4, 0.5) is 0 Å². The van der Waals surface area contributed by atoms with Gasteiger partial charge in [0.05, 0.1) is 0 Å². The van der Waals surface area contributed by atoms with Crippen LogP contribution in [-0.4, -0.2) is 33.5 Å². The molecule has 0 radical (unpaired) electrons. The Hall–Kier alpha value is -1.69. The van der Waals surface area contributed by atoms with Gasteiger partial charge < -0.3 is 10.4 Å². The minimum absolute atomic E-state index is 0.167. The highest BCUT2D eigenvalue weighted by Gasteiger charge is 2.21. The maximum Gasteiger partial charge on any atom is 0.326 e. The van der Waals surface area contributed by atoms with Gasteiger partial charge >= 0.3 is 5.97 Å². The van der Waals surface area contributed by atoms with Crippen molar-refractivity contribution in [1.29, 1.82) is 0 Å². The molecule has 1 rings (SSSR count). The van der Waals surface area contributed by atoms with E-state index < -0.39 is 28.7 Å². The predicted octanol–water partition coefficient (Wildman–Crippen LogP) is 1.79. The largest absolute Gasteiger partial charge is 0.480 e. The quantitative estimate of drug-likeness (QED) is 0.804. The van der Waals surface area contributed by atoms with Gasteiger partial charge in [-0.3, -0.25) is 9.00 Å². The number of carbonyl (C=O) groups excluding carboxylic acids is 1. The van der Waals surface area contributed by atoms with Crippen molar-refractivity contribution in [3.8, 4) is 0 Å². The maximum absolute atomic E-state index is 12.1. The molecule has 0 aromatic heterocycles. The molecule has 116 valence electrons. The smallest absolute Gasteiger partial charge is 0.326 e. The second-order valence-electron chi connectivity index (χ2n) is 5.41. The van der Waals surface area contributed by atoms with Gasteiger partial charge in [0, 0.05) is 28.4 Å². The number of rotatable bonds is 7. The molecule has 0 bridgehead atoms. The van der Waals surface area contributed by atoms with E-state index in [9.17, 15) is 13.8 Å². The molecule has 2 N–H and O–H groups in total. The first-order valence-electron chi connectivity index (χ1n) is 6.72. The number of hydrogen-bond acceptors (Lipinski definition) is 3. The van der Waals surface area contributed by atoms with Gasteiger partial charge in [-0.05, 0) is 30.0 Å². The highest BCUT2D eigenvalue weighted by Crippen LogP contribution is 2.10. The fourth-order valence-corrected chi connectivity index (χ4v) is 2.62. The second-order valence-corrected chi connectivity index (χ2v) is 6.85. The van der Waals surface area contributed by atoms with Crippen molar-refractivity contribution in [2.24, 2.45) is 5.92 Å². The van der Waals surface area contributed by atoms with Crippen LogP contribution < -0.4 is 5.32 Å². The molecule has 1 aromatic rings. The lowest BCUT2D eigenvalue weighted by molar-refractivity contribution is -0.139. The summed E-state index contributed by atoms with van der Waals surface area (Å²) in [6.45, 7) is 3.80. The Kier molecular flexibility index (Phi) is 6.55. The molecule has 0 heterocycles. The monoisotopic (exact) mass is 311 g/mol. The van der Waals surface area contributed by atoms with Crippen molar-refractivity contribution in [2.75, 3.05) is 6.26 Å². The number of benzene rings is 1. The van der Waals surface area contributed by atoms with E-state index in [2.05, 4.69) is 5.32 Å². The summed E-state index contributed by atoms with van der Waals surface area (Å²) in [5, 5.41) is 11.7. The molecule has 5 nitrogen and oxygen atoms in total. The van der Waals surface area contributed by atoms with E-state index in [4.69, 9.17) is 5.11 Å². The fraction of sp³-hybridized carbons (Fsp3) is 0.467. The first-order chi connectivity index (χ1) is 9.79. The average molecular weight is 311 g/mol. The summed E-state index contributed by atoms with van der Waals surface area (Å²) < 4.78 is 11.2. The van der Waals surface area contributed by atoms with E-state index in [1.165, 1.54) is 0 Å². The first-order valence-corrected chi connectivity index (χ1v) is 8.45. The normalized spacial score (nSPS) is 13.7. The van der Waals surface area contributed by atoms with Crippen LogP contribution in [0.25, 0.3) is 0 Å². The van der Waals surface area contributed by atoms with Gasteiger partial charge in [0.25, 0.3) is 5.91 Å². The van der Waals surface area contributed by atoms with Gasteiger partial charge in [-0.1, -0.05) is 26.0 Å². The molecule has 0 aliphatic rings. The van der Waals surface area contributed by atoms with Crippen LogP contribution in [0.1, 0.15) is 36.2 Å². The summed E-state index contributed by atoms with van der Waals surface area (Å²) in [7, 11) is -0.990. The topological polar surface area (TPSA) is 83.5 Å². The van der Waals surface area contributed by atoms with Crippen LogP contribution in [0.5, 0.6) is 0 Å². The van der Waals surface area contributed by atoms with Gasteiger partial charge in [-0.2, -0.15) is 0 Å². The lowest BCUT2D eigenvalue weighted by Crippen LogP contribution is -2.41. The third kappa shape index (κ3) is 6.08. The number of carboxylic acid groups (broad SMARTS) is 1. The number of nitrogens with one attached hydrogen (secondary N) is 1. The van der Waals surface area contributed by atoms with Gasteiger partial charge in [0.2, 0.25) is 0 Å². The van der Waals surface area contributed by atoms with Crippen LogP contribution in [0.2, 0.25) is 0 Å². The first kappa shape index (κ1) is 17.4. The summed E-state index contributed by atoms with van der Waals surface area (Å²) >= 11 is 0. The standard InChI is InChI=1S/C15H21NO4S/c1-10(2)7-13(15(18)19)16-14(17)12-6-4-5-11(8-12)9-21(3)20/h4-6,8,10,13H,7,9H2,1-3H3,(H,16,17)(H,18,19)/t13-,21?/m1/s1. The van der Waals surface area contributed by atoms with Gasteiger partial charge in [-0.25, -0.2) is 4.79 Å². The maximum atomic E-state index is 12.1. The Morgan fingerprint density at radius 3 is 2.52 bits per heavy atom.